The SMILES string of the molecule is NCCCc1cccc(NC(=O)c2cccc(O)c2O)c1. The molecule has 0 bridgehead atoms. The third-order valence-electron chi connectivity index (χ3n) is 3.11. The van der Waals surface area contributed by atoms with Gasteiger partial charge in [0.1, 0.15) is 0 Å². The number of rotatable bonds is 5. The summed E-state index contributed by atoms with van der Waals surface area (Å²) in [6.07, 6.45) is 1.72. The average molecular weight is 286 g/mol. The van der Waals surface area contributed by atoms with Crippen molar-refractivity contribution in [1.82, 2.24) is 0 Å². The van der Waals surface area contributed by atoms with Gasteiger partial charge in [-0.1, -0.05) is 18.2 Å². The molecule has 1 amide bonds. The van der Waals surface area contributed by atoms with Gasteiger partial charge < -0.3 is 21.3 Å². The predicted molar refractivity (Wildman–Crippen MR) is 81.5 cm³/mol. The topological polar surface area (TPSA) is 95.6 Å². The Morgan fingerprint density at radius 1 is 1.14 bits per heavy atom. The van der Waals surface area contributed by atoms with Crippen LogP contribution in [0, 0.1) is 0 Å². The smallest absolute Gasteiger partial charge is 0.259 e. The molecule has 0 spiro atoms. The van der Waals surface area contributed by atoms with Gasteiger partial charge in [0, 0.05) is 5.69 Å². The predicted octanol–water partition coefficient (Wildman–Crippen LogP) is 2.24. The summed E-state index contributed by atoms with van der Waals surface area (Å²) in [5.74, 6) is -1.21. The van der Waals surface area contributed by atoms with Gasteiger partial charge in [-0.25, -0.2) is 0 Å². The molecular formula is C16H18N2O3. The van der Waals surface area contributed by atoms with E-state index in [0.717, 1.165) is 18.4 Å². The van der Waals surface area contributed by atoms with Crippen molar-refractivity contribution in [2.24, 2.45) is 5.73 Å². The first-order chi connectivity index (χ1) is 10.1. The van der Waals surface area contributed by atoms with Crippen LogP contribution in [0.1, 0.15) is 22.3 Å². The van der Waals surface area contributed by atoms with Crippen molar-refractivity contribution in [3.63, 3.8) is 0 Å². The first-order valence-electron chi connectivity index (χ1n) is 6.73. The summed E-state index contributed by atoms with van der Waals surface area (Å²) in [7, 11) is 0. The molecule has 0 fully saturated rings. The van der Waals surface area contributed by atoms with Gasteiger partial charge in [-0.05, 0) is 49.2 Å². The molecule has 0 heterocycles. The Hall–Kier alpha value is -2.53. The van der Waals surface area contributed by atoms with E-state index >= 15 is 0 Å². The number of carbonyl (C=O) groups excluding carboxylic acids is 1. The van der Waals surface area contributed by atoms with Crippen molar-refractivity contribution in [3.8, 4) is 11.5 Å². The molecule has 0 aliphatic rings. The molecule has 110 valence electrons. The van der Waals surface area contributed by atoms with Gasteiger partial charge in [-0.3, -0.25) is 4.79 Å². The molecule has 5 nitrogen and oxygen atoms in total. The number of nitrogens with two attached hydrogens (primary N) is 1. The third kappa shape index (κ3) is 3.73. The summed E-state index contributed by atoms with van der Waals surface area (Å²) >= 11 is 0. The van der Waals surface area contributed by atoms with Gasteiger partial charge in [-0.2, -0.15) is 0 Å². The normalized spacial score (nSPS) is 10.3. The highest BCUT2D eigenvalue weighted by molar-refractivity contribution is 6.06. The highest BCUT2D eigenvalue weighted by atomic mass is 16.3. The first-order valence-corrected chi connectivity index (χ1v) is 6.73. The third-order valence-corrected chi connectivity index (χ3v) is 3.11. The molecule has 5 N–H and O–H groups in total. The van der Waals surface area contributed by atoms with E-state index in [-0.39, 0.29) is 11.3 Å². The van der Waals surface area contributed by atoms with Gasteiger partial charge in [0.25, 0.3) is 5.91 Å². The monoisotopic (exact) mass is 286 g/mol. The Kier molecular flexibility index (Phi) is 4.79. The van der Waals surface area contributed by atoms with Crippen molar-refractivity contribution in [2.75, 3.05) is 11.9 Å². The second-order valence-corrected chi connectivity index (χ2v) is 4.72. The van der Waals surface area contributed by atoms with Crippen molar-refractivity contribution in [3.05, 3.63) is 53.6 Å². The van der Waals surface area contributed by atoms with E-state index in [1.54, 1.807) is 6.07 Å². The molecule has 0 saturated carbocycles. The molecule has 2 rings (SSSR count). The highest BCUT2D eigenvalue weighted by Gasteiger charge is 2.14. The van der Waals surface area contributed by atoms with Gasteiger partial charge in [0.05, 0.1) is 5.56 Å². The number of phenols is 2. The number of hydrogen-bond donors (Lipinski definition) is 4. The van der Waals surface area contributed by atoms with E-state index in [9.17, 15) is 15.0 Å². The summed E-state index contributed by atoms with van der Waals surface area (Å²) in [5, 5.41) is 21.8. The Morgan fingerprint density at radius 3 is 2.67 bits per heavy atom. The van der Waals surface area contributed by atoms with Crippen molar-refractivity contribution in [1.29, 1.82) is 0 Å². The van der Waals surface area contributed by atoms with Crippen LogP contribution in [0.4, 0.5) is 5.69 Å². The van der Waals surface area contributed by atoms with Crippen LogP contribution in [-0.4, -0.2) is 22.7 Å². The maximum Gasteiger partial charge on any atom is 0.259 e. The van der Waals surface area contributed by atoms with Crippen molar-refractivity contribution >= 4 is 11.6 Å². The van der Waals surface area contributed by atoms with Crippen molar-refractivity contribution < 1.29 is 15.0 Å². The van der Waals surface area contributed by atoms with E-state index in [2.05, 4.69) is 5.32 Å². The number of hydrogen-bond acceptors (Lipinski definition) is 4. The summed E-state index contributed by atoms with van der Waals surface area (Å²) in [6.45, 7) is 0.619. The molecule has 2 aromatic carbocycles. The number of phenolic OH excluding ortho intramolecular Hbond substituents is 2. The van der Waals surface area contributed by atoms with Crippen LogP contribution in [0.2, 0.25) is 0 Å². The number of benzene rings is 2. The number of carbonyl (C=O) groups is 1. The van der Waals surface area contributed by atoms with E-state index in [1.807, 2.05) is 18.2 Å². The molecule has 21 heavy (non-hydrogen) atoms. The summed E-state index contributed by atoms with van der Waals surface area (Å²) < 4.78 is 0. The summed E-state index contributed by atoms with van der Waals surface area (Å²) in [4.78, 5) is 12.1. The fourth-order valence-corrected chi connectivity index (χ4v) is 2.02. The standard InChI is InChI=1S/C16H18N2O3/c17-9-3-5-11-4-1-6-12(10-11)18-16(21)13-7-2-8-14(19)15(13)20/h1-2,4,6-8,10,19-20H,3,5,9,17H2,(H,18,21). The average Bonchev–Trinajstić information content (AvgIpc) is 2.48. The van der Waals surface area contributed by atoms with Crippen LogP contribution in [-0.2, 0) is 6.42 Å². The number of anilines is 1. The lowest BCUT2D eigenvalue weighted by Gasteiger charge is -2.09. The lowest BCUT2D eigenvalue weighted by atomic mass is 10.1. The summed E-state index contributed by atoms with van der Waals surface area (Å²) in [6, 6.07) is 11.7. The minimum atomic E-state index is -0.473. The first kappa shape index (κ1) is 14.9. The van der Waals surface area contributed by atoms with Crippen LogP contribution < -0.4 is 11.1 Å². The fraction of sp³-hybridized carbons (Fsp3) is 0.188. The summed E-state index contributed by atoms with van der Waals surface area (Å²) in [5.41, 5.74) is 7.23. The van der Waals surface area contributed by atoms with Gasteiger partial charge in [0.2, 0.25) is 0 Å². The molecule has 0 aliphatic heterocycles. The van der Waals surface area contributed by atoms with E-state index in [1.165, 1.54) is 18.2 Å². The van der Waals surface area contributed by atoms with Crippen LogP contribution in [0.5, 0.6) is 11.5 Å². The zero-order valence-electron chi connectivity index (χ0n) is 11.5. The van der Waals surface area contributed by atoms with Crippen LogP contribution in [0.15, 0.2) is 42.5 Å². The van der Waals surface area contributed by atoms with E-state index in [4.69, 9.17) is 5.73 Å². The number of amides is 1. The molecule has 0 saturated heterocycles. The fourth-order valence-electron chi connectivity index (χ4n) is 2.02. The molecule has 0 aromatic heterocycles. The lowest BCUT2D eigenvalue weighted by molar-refractivity contribution is 0.102. The van der Waals surface area contributed by atoms with Crippen molar-refractivity contribution in [2.45, 2.75) is 12.8 Å². The molecule has 0 atom stereocenters. The maximum absolute atomic E-state index is 12.1. The largest absolute Gasteiger partial charge is 0.504 e. The zero-order valence-corrected chi connectivity index (χ0v) is 11.5. The maximum atomic E-state index is 12.1. The second-order valence-electron chi connectivity index (χ2n) is 4.72. The number of para-hydroxylation sites is 1. The van der Waals surface area contributed by atoms with Crippen LogP contribution in [0.3, 0.4) is 0 Å². The second kappa shape index (κ2) is 6.76. The molecule has 0 unspecified atom stereocenters. The minimum Gasteiger partial charge on any atom is -0.504 e. The molecule has 5 heteroatoms. The highest BCUT2D eigenvalue weighted by Crippen LogP contribution is 2.28. The Morgan fingerprint density at radius 2 is 1.90 bits per heavy atom. The lowest BCUT2D eigenvalue weighted by Crippen LogP contribution is -2.12. The number of nitrogens with one attached hydrogen (secondary N) is 1. The zero-order chi connectivity index (χ0) is 15.2. The molecule has 0 radical (unpaired) electrons. The Labute approximate surface area is 123 Å². The van der Waals surface area contributed by atoms with E-state index < -0.39 is 11.7 Å². The quantitative estimate of drug-likeness (QED) is 0.634. The number of aromatic hydroxyl groups is 2. The van der Waals surface area contributed by atoms with E-state index in [0.29, 0.717) is 12.2 Å². The number of aryl methyl sites for hydroxylation is 1. The molecule has 0 aliphatic carbocycles. The minimum absolute atomic E-state index is 0.0300. The Balaban J connectivity index is 2.14. The van der Waals surface area contributed by atoms with Gasteiger partial charge in [-0.15, -0.1) is 0 Å². The molecule has 2 aromatic rings. The Bertz CT molecular complexity index is 641. The van der Waals surface area contributed by atoms with Crippen LogP contribution >= 0.6 is 0 Å². The molecular weight excluding hydrogens is 268 g/mol. The van der Waals surface area contributed by atoms with Gasteiger partial charge >= 0.3 is 0 Å². The van der Waals surface area contributed by atoms with Gasteiger partial charge in [0.15, 0.2) is 11.5 Å². The van der Waals surface area contributed by atoms with Crippen LogP contribution in [0.25, 0.3) is 0 Å².